The Kier molecular flexibility index (Phi) is 4.12. The monoisotopic (exact) mass is 266 g/mol. The van der Waals surface area contributed by atoms with Crippen molar-refractivity contribution in [3.05, 3.63) is 29.6 Å². The van der Waals surface area contributed by atoms with Gasteiger partial charge in [0.25, 0.3) is 0 Å². The summed E-state index contributed by atoms with van der Waals surface area (Å²) >= 11 is 0. The van der Waals surface area contributed by atoms with Crippen LogP contribution < -0.4 is 11.1 Å². The Labute approximate surface area is 99.4 Å². The number of benzene rings is 1. The Balaban J connectivity index is 2.91. The van der Waals surface area contributed by atoms with Crippen molar-refractivity contribution in [1.29, 1.82) is 0 Å². The molecule has 1 aromatic rings. The van der Waals surface area contributed by atoms with E-state index in [2.05, 4.69) is 0 Å². The lowest BCUT2D eigenvalue weighted by Crippen LogP contribution is -2.39. The van der Waals surface area contributed by atoms with E-state index in [0.29, 0.717) is 0 Å². The van der Waals surface area contributed by atoms with Crippen LogP contribution in [0.15, 0.2) is 18.2 Å². The van der Waals surface area contributed by atoms with Gasteiger partial charge in [0.05, 0.1) is 6.54 Å². The summed E-state index contributed by atoms with van der Waals surface area (Å²) in [6, 6.07) is 1.29. The van der Waals surface area contributed by atoms with E-state index in [-0.39, 0.29) is 5.56 Å². The first-order chi connectivity index (χ1) is 8.20. The molecule has 0 spiro atoms. The standard InChI is InChI=1S/C10H10F4N2O2/c11-6-3-5(1-2-7(6)17)8(9(15)18)16-4-10(12,13)14/h1-3,8,16-17H,4H2,(H2,15,18). The highest BCUT2D eigenvalue weighted by molar-refractivity contribution is 5.81. The topological polar surface area (TPSA) is 75.4 Å². The van der Waals surface area contributed by atoms with Crippen LogP contribution in [-0.2, 0) is 4.79 Å². The largest absolute Gasteiger partial charge is 0.505 e. The molecule has 0 bridgehead atoms. The number of amides is 1. The molecule has 18 heavy (non-hydrogen) atoms. The third kappa shape index (κ3) is 3.88. The molecular weight excluding hydrogens is 256 g/mol. The quantitative estimate of drug-likeness (QED) is 0.717. The maximum absolute atomic E-state index is 13.0. The second-order valence-corrected chi connectivity index (χ2v) is 3.54. The Hall–Kier alpha value is -1.83. The van der Waals surface area contributed by atoms with E-state index in [0.717, 1.165) is 18.2 Å². The summed E-state index contributed by atoms with van der Waals surface area (Å²) in [6.45, 7) is -1.44. The number of carbonyl (C=O) groups is 1. The smallest absolute Gasteiger partial charge is 0.401 e. The normalized spacial score (nSPS) is 13.3. The number of hydrogen-bond donors (Lipinski definition) is 3. The van der Waals surface area contributed by atoms with Crippen LogP contribution in [0, 0.1) is 5.82 Å². The van der Waals surface area contributed by atoms with E-state index < -0.39 is 36.2 Å². The second kappa shape index (κ2) is 5.21. The summed E-state index contributed by atoms with van der Waals surface area (Å²) in [7, 11) is 0. The number of alkyl halides is 3. The molecule has 0 aromatic heterocycles. The Morgan fingerprint density at radius 2 is 2.06 bits per heavy atom. The van der Waals surface area contributed by atoms with Gasteiger partial charge in [-0.25, -0.2) is 4.39 Å². The van der Waals surface area contributed by atoms with E-state index in [1.807, 2.05) is 5.32 Å². The minimum atomic E-state index is -4.52. The van der Waals surface area contributed by atoms with Gasteiger partial charge in [-0.15, -0.1) is 0 Å². The zero-order chi connectivity index (χ0) is 13.9. The van der Waals surface area contributed by atoms with Crippen LogP contribution in [0.2, 0.25) is 0 Å². The molecule has 1 unspecified atom stereocenters. The summed E-state index contributed by atoms with van der Waals surface area (Å²) in [5.74, 6) is -2.80. The number of phenolic OH excluding ortho intramolecular Hbond substituents is 1. The van der Waals surface area contributed by atoms with Gasteiger partial charge in [0, 0.05) is 0 Å². The minimum absolute atomic E-state index is 0.0953. The number of rotatable bonds is 4. The fourth-order valence-electron chi connectivity index (χ4n) is 1.30. The minimum Gasteiger partial charge on any atom is -0.505 e. The molecule has 0 radical (unpaired) electrons. The highest BCUT2D eigenvalue weighted by Gasteiger charge is 2.30. The first kappa shape index (κ1) is 14.2. The maximum Gasteiger partial charge on any atom is 0.401 e. The molecule has 0 heterocycles. The van der Waals surface area contributed by atoms with Crippen molar-refractivity contribution >= 4 is 5.91 Å². The van der Waals surface area contributed by atoms with E-state index in [4.69, 9.17) is 10.8 Å². The van der Waals surface area contributed by atoms with Gasteiger partial charge < -0.3 is 10.8 Å². The van der Waals surface area contributed by atoms with Crippen molar-refractivity contribution in [1.82, 2.24) is 5.32 Å². The molecule has 1 atom stereocenters. The van der Waals surface area contributed by atoms with Gasteiger partial charge in [0.2, 0.25) is 5.91 Å². The van der Waals surface area contributed by atoms with Crippen molar-refractivity contribution in [2.45, 2.75) is 12.2 Å². The first-order valence-electron chi connectivity index (χ1n) is 4.78. The van der Waals surface area contributed by atoms with Crippen LogP contribution in [0.25, 0.3) is 0 Å². The van der Waals surface area contributed by atoms with Crippen LogP contribution in [0.1, 0.15) is 11.6 Å². The molecule has 100 valence electrons. The molecule has 0 saturated heterocycles. The van der Waals surface area contributed by atoms with Crippen molar-refractivity contribution in [3.63, 3.8) is 0 Å². The molecule has 0 aliphatic carbocycles. The van der Waals surface area contributed by atoms with E-state index in [1.165, 1.54) is 0 Å². The summed E-state index contributed by atoms with van der Waals surface area (Å²) in [5.41, 5.74) is 4.84. The average molecular weight is 266 g/mol. The maximum atomic E-state index is 13.0. The lowest BCUT2D eigenvalue weighted by Gasteiger charge is -2.17. The number of nitrogens with one attached hydrogen (secondary N) is 1. The van der Waals surface area contributed by atoms with E-state index >= 15 is 0 Å². The molecule has 8 heteroatoms. The predicted molar refractivity (Wildman–Crippen MR) is 54.1 cm³/mol. The Morgan fingerprint density at radius 1 is 1.44 bits per heavy atom. The van der Waals surface area contributed by atoms with Gasteiger partial charge in [-0.05, 0) is 17.7 Å². The molecule has 0 saturated carbocycles. The lowest BCUT2D eigenvalue weighted by molar-refractivity contribution is -0.130. The van der Waals surface area contributed by atoms with E-state index in [1.54, 1.807) is 0 Å². The highest BCUT2D eigenvalue weighted by atomic mass is 19.4. The molecule has 1 aromatic carbocycles. The number of phenols is 1. The van der Waals surface area contributed by atoms with Crippen LogP contribution in [0.4, 0.5) is 17.6 Å². The Bertz CT molecular complexity index is 448. The van der Waals surface area contributed by atoms with Gasteiger partial charge in [-0.3, -0.25) is 10.1 Å². The molecule has 1 amide bonds. The molecule has 0 fully saturated rings. The summed E-state index contributed by atoms with van der Waals surface area (Å²) in [4.78, 5) is 11.0. The van der Waals surface area contributed by atoms with Gasteiger partial charge in [0.15, 0.2) is 11.6 Å². The number of carbonyl (C=O) groups excluding carboxylic acids is 1. The third-order valence-electron chi connectivity index (χ3n) is 2.10. The SMILES string of the molecule is NC(=O)C(NCC(F)(F)F)c1ccc(O)c(F)c1. The van der Waals surface area contributed by atoms with Crippen LogP contribution in [-0.4, -0.2) is 23.7 Å². The molecule has 4 N–H and O–H groups in total. The summed E-state index contributed by atoms with van der Waals surface area (Å²) < 4.78 is 49.1. The second-order valence-electron chi connectivity index (χ2n) is 3.54. The van der Waals surface area contributed by atoms with Gasteiger partial charge in [-0.2, -0.15) is 13.2 Å². The van der Waals surface area contributed by atoms with E-state index in [9.17, 15) is 22.4 Å². The molecule has 1 rings (SSSR count). The number of primary amides is 1. The van der Waals surface area contributed by atoms with Crippen LogP contribution in [0.3, 0.4) is 0 Å². The summed E-state index contributed by atoms with van der Waals surface area (Å²) in [5, 5.41) is 10.8. The third-order valence-corrected chi connectivity index (χ3v) is 2.10. The van der Waals surface area contributed by atoms with Crippen LogP contribution >= 0.6 is 0 Å². The number of halogens is 4. The molecular formula is C10H10F4N2O2. The number of hydrogen-bond acceptors (Lipinski definition) is 3. The van der Waals surface area contributed by atoms with Crippen molar-refractivity contribution in [2.24, 2.45) is 5.73 Å². The molecule has 0 aliphatic heterocycles. The zero-order valence-corrected chi connectivity index (χ0v) is 8.96. The van der Waals surface area contributed by atoms with Crippen molar-refractivity contribution < 1.29 is 27.5 Å². The summed E-state index contributed by atoms with van der Waals surface area (Å²) in [6.07, 6.45) is -4.52. The van der Waals surface area contributed by atoms with Gasteiger partial charge in [-0.1, -0.05) is 6.07 Å². The van der Waals surface area contributed by atoms with Crippen molar-refractivity contribution in [2.75, 3.05) is 6.54 Å². The Morgan fingerprint density at radius 3 is 2.50 bits per heavy atom. The first-order valence-corrected chi connectivity index (χ1v) is 4.78. The predicted octanol–water partition coefficient (Wildman–Crippen LogP) is 1.21. The number of aromatic hydroxyl groups is 1. The van der Waals surface area contributed by atoms with Crippen molar-refractivity contribution in [3.8, 4) is 5.75 Å². The fourth-order valence-corrected chi connectivity index (χ4v) is 1.30. The van der Waals surface area contributed by atoms with Gasteiger partial charge in [0.1, 0.15) is 6.04 Å². The molecule has 0 aliphatic rings. The van der Waals surface area contributed by atoms with Crippen LogP contribution in [0.5, 0.6) is 5.75 Å². The lowest BCUT2D eigenvalue weighted by atomic mass is 10.1. The fraction of sp³-hybridized carbons (Fsp3) is 0.300. The highest BCUT2D eigenvalue weighted by Crippen LogP contribution is 2.22. The molecule has 4 nitrogen and oxygen atoms in total. The zero-order valence-electron chi connectivity index (χ0n) is 8.96. The number of nitrogens with two attached hydrogens (primary N) is 1. The van der Waals surface area contributed by atoms with Gasteiger partial charge >= 0.3 is 6.18 Å². The average Bonchev–Trinajstić information content (AvgIpc) is 2.21.